The van der Waals surface area contributed by atoms with E-state index >= 15 is 0 Å². The minimum Gasteiger partial charge on any atom is -0.484 e. The Morgan fingerprint density at radius 1 is 1.41 bits per heavy atom. The number of hydrogen-bond acceptors (Lipinski definition) is 3. The first-order valence-electron chi connectivity index (χ1n) is 5.40. The Bertz CT molecular complexity index is 354. The number of rotatable bonds is 6. The summed E-state index contributed by atoms with van der Waals surface area (Å²) >= 11 is 5.74. The van der Waals surface area contributed by atoms with Crippen LogP contribution < -0.4 is 10.1 Å². The smallest absolute Gasteiger partial charge is 0.260 e. The van der Waals surface area contributed by atoms with Crippen molar-refractivity contribution in [1.29, 1.82) is 0 Å². The van der Waals surface area contributed by atoms with Crippen LogP contribution in [-0.4, -0.2) is 44.6 Å². The van der Waals surface area contributed by atoms with Gasteiger partial charge in [-0.1, -0.05) is 11.6 Å². The van der Waals surface area contributed by atoms with Crippen LogP contribution in [0.3, 0.4) is 0 Å². The Morgan fingerprint density at radius 2 is 2.06 bits per heavy atom. The standard InChI is InChI=1S/C12H17ClN2O2/c1-14-7-8-15(2)12(16)9-17-11-5-3-10(13)4-6-11/h3-6,14H,7-9H2,1-2H3. The van der Waals surface area contributed by atoms with Gasteiger partial charge in [-0.3, -0.25) is 4.79 Å². The molecule has 1 aromatic rings. The van der Waals surface area contributed by atoms with Crippen molar-refractivity contribution >= 4 is 17.5 Å². The predicted molar refractivity (Wildman–Crippen MR) is 68.5 cm³/mol. The summed E-state index contributed by atoms with van der Waals surface area (Å²) in [5, 5.41) is 3.63. The van der Waals surface area contributed by atoms with E-state index in [1.165, 1.54) is 0 Å². The van der Waals surface area contributed by atoms with Gasteiger partial charge < -0.3 is 15.0 Å². The van der Waals surface area contributed by atoms with E-state index in [0.29, 0.717) is 17.3 Å². The van der Waals surface area contributed by atoms with E-state index < -0.39 is 0 Å². The number of halogens is 1. The number of ether oxygens (including phenoxy) is 1. The fourth-order valence-corrected chi connectivity index (χ4v) is 1.32. The molecule has 0 atom stereocenters. The maximum Gasteiger partial charge on any atom is 0.260 e. The van der Waals surface area contributed by atoms with E-state index in [2.05, 4.69) is 5.32 Å². The molecular weight excluding hydrogens is 240 g/mol. The monoisotopic (exact) mass is 256 g/mol. The number of benzene rings is 1. The van der Waals surface area contributed by atoms with Crippen molar-refractivity contribution in [3.8, 4) is 5.75 Å². The molecule has 0 aliphatic carbocycles. The van der Waals surface area contributed by atoms with Crippen LogP contribution in [0.4, 0.5) is 0 Å². The quantitative estimate of drug-likeness (QED) is 0.837. The molecule has 5 heteroatoms. The van der Waals surface area contributed by atoms with Gasteiger partial charge >= 0.3 is 0 Å². The number of carbonyl (C=O) groups excluding carboxylic acids is 1. The molecule has 4 nitrogen and oxygen atoms in total. The third-order valence-corrected chi connectivity index (χ3v) is 2.55. The van der Waals surface area contributed by atoms with Gasteiger partial charge in [0.05, 0.1) is 0 Å². The maximum absolute atomic E-state index is 11.6. The summed E-state index contributed by atoms with van der Waals surface area (Å²) in [5.74, 6) is 0.597. The fourth-order valence-electron chi connectivity index (χ4n) is 1.19. The second kappa shape index (κ2) is 7.14. The van der Waals surface area contributed by atoms with E-state index in [1.807, 2.05) is 7.05 Å². The number of nitrogens with zero attached hydrogens (tertiary/aromatic N) is 1. The second-order valence-electron chi connectivity index (χ2n) is 3.66. The Labute approximate surface area is 107 Å². The molecule has 0 heterocycles. The van der Waals surface area contributed by atoms with Gasteiger partial charge in [0, 0.05) is 25.2 Å². The minimum atomic E-state index is -0.0461. The molecule has 1 aromatic carbocycles. The lowest BCUT2D eigenvalue weighted by Crippen LogP contribution is -2.35. The van der Waals surface area contributed by atoms with Crippen molar-refractivity contribution in [2.24, 2.45) is 0 Å². The highest BCUT2D eigenvalue weighted by Crippen LogP contribution is 2.15. The van der Waals surface area contributed by atoms with Gasteiger partial charge in [0.25, 0.3) is 5.91 Å². The molecule has 17 heavy (non-hydrogen) atoms. The van der Waals surface area contributed by atoms with Gasteiger partial charge in [-0.2, -0.15) is 0 Å². The molecule has 1 N–H and O–H groups in total. The molecule has 1 amide bonds. The lowest BCUT2D eigenvalue weighted by Gasteiger charge is -2.17. The molecule has 0 aliphatic heterocycles. The zero-order valence-corrected chi connectivity index (χ0v) is 10.8. The third-order valence-electron chi connectivity index (χ3n) is 2.30. The Kier molecular flexibility index (Phi) is 5.80. The van der Waals surface area contributed by atoms with E-state index in [4.69, 9.17) is 16.3 Å². The lowest BCUT2D eigenvalue weighted by molar-refractivity contribution is -0.131. The van der Waals surface area contributed by atoms with E-state index in [9.17, 15) is 4.79 Å². The van der Waals surface area contributed by atoms with Gasteiger partial charge in [-0.05, 0) is 31.3 Å². The second-order valence-corrected chi connectivity index (χ2v) is 4.10. The topological polar surface area (TPSA) is 41.6 Å². The summed E-state index contributed by atoms with van der Waals surface area (Å²) in [5.41, 5.74) is 0. The highest BCUT2D eigenvalue weighted by atomic mass is 35.5. The molecule has 0 radical (unpaired) electrons. The summed E-state index contributed by atoms with van der Waals surface area (Å²) in [4.78, 5) is 13.3. The van der Waals surface area contributed by atoms with Crippen molar-refractivity contribution in [1.82, 2.24) is 10.2 Å². The van der Waals surface area contributed by atoms with Crippen molar-refractivity contribution in [2.75, 3.05) is 33.8 Å². The minimum absolute atomic E-state index is 0.0435. The van der Waals surface area contributed by atoms with E-state index in [-0.39, 0.29) is 12.5 Å². The molecule has 94 valence electrons. The summed E-state index contributed by atoms with van der Waals surface area (Å²) in [7, 11) is 3.60. The van der Waals surface area contributed by atoms with Crippen LogP contribution >= 0.6 is 11.6 Å². The van der Waals surface area contributed by atoms with Crippen molar-refractivity contribution in [2.45, 2.75) is 0 Å². The van der Waals surface area contributed by atoms with Gasteiger partial charge in [-0.15, -0.1) is 0 Å². The summed E-state index contributed by atoms with van der Waals surface area (Å²) in [6.45, 7) is 1.48. The van der Waals surface area contributed by atoms with Crippen molar-refractivity contribution in [3.63, 3.8) is 0 Å². The van der Waals surface area contributed by atoms with Gasteiger partial charge in [-0.25, -0.2) is 0 Å². The molecule has 0 saturated heterocycles. The average molecular weight is 257 g/mol. The zero-order valence-electron chi connectivity index (χ0n) is 10.1. The Hall–Kier alpha value is -1.26. The van der Waals surface area contributed by atoms with Crippen LogP contribution in [0.5, 0.6) is 5.75 Å². The SMILES string of the molecule is CNCCN(C)C(=O)COc1ccc(Cl)cc1. The van der Waals surface area contributed by atoms with Crippen LogP contribution in [0.2, 0.25) is 5.02 Å². The third kappa shape index (κ3) is 5.06. The molecular formula is C12H17ClN2O2. The molecule has 0 saturated carbocycles. The fraction of sp³-hybridized carbons (Fsp3) is 0.417. The number of hydrogen-bond donors (Lipinski definition) is 1. The van der Waals surface area contributed by atoms with Crippen LogP contribution in [0.15, 0.2) is 24.3 Å². The van der Waals surface area contributed by atoms with Gasteiger partial charge in [0.1, 0.15) is 5.75 Å². The van der Waals surface area contributed by atoms with Gasteiger partial charge in [0.15, 0.2) is 6.61 Å². The number of nitrogens with one attached hydrogen (secondary N) is 1. The van der Waals surface area contributed by atoms with Gasteiger partial charge in [0.2, 0.25) is 0 Å². The first-order chi connectivity index (χ1) is 8.13. The van der Waals surface area contributed by atoms with Crippen molar-refractivity contribution in [3.05, 3.63) is 29.3 Å². The number of amides is 1. The molecule has 0 unspecified atom stereocenters. The molecule has 0 fully saturated rings. The molecule has 0 spiro atoms. The highest BCUT2D eigenvalue weighted by molar-refractivity contribution is 6.30. The van der Waals surface area contributed by atoms with Crippen LogP contribution in [0.1, 0.15) is 0 Å². The van der Waals surface area contributed by atoms with Crippen LogP contribution in [-0.2, 0) is 4.79 Å². The summed E-state index contributed by atoms with van der Waals surface area (Å²) < 4.78 is 5.35. The Morgan fingerprint density at radius 3 is 2.65 bits per heavy atom. The normalized spacial score (nSPS) is 10.1. The van der Waals surface area contributed by atoms with E-state index in [0.717, 1.165) is 6.54 Å². The number of carbonyl (C=O) groups is 1. The molecule has 0 bridgehead atoms. The Balaban J connectivity index is 2.34. The summed E-state index contributed by atoms with van der Waals surface area (Å²) in [6.07, 6.45) is 0. The molecule has 0 aliphatic rings. The first-order valence-corrected chi connectivity index (χ1v) is 5.78. The maximum atomic E-state index is 11.6. The first kappa shape index (κ1) is 13.8. The van der Waals surface area contributed by atoms with Crippen LogP contribution in [0, 0.1) is 0 Å². The largest absolute Gasteiger partial charge is 0.484 e. The summed E-state index contributed by atoms with van der Waals surface area (Å²) in [6, 6.07) is 6.94. The molecule has 1 rings (SSSR count). The predicted octanol–water partition coefficient (Wildman–Crippen LogP) is 1.40. The molecule has 0 aromatic heterocycles. The lowest BCUT2D eigenvalue weighted by atomic mass is 10.3. The zero-order chi connectivity index (χ0) is 12.7. The average Bonchev–Trinajstić information content (AvgIpc) is 2.34. The number of likely N-dealkylation sites (N-methyl/N-ethyl adjacent to an activating group) is 2. The van der Waals surface area contributed by atoms with Crippen molar-refractivity contribution < 1.29 is 9.53 Å². The van der Waals surface area contributed by atoms with Crippen LogP contribution in [0.25, 0.3) is 0 Å². The van der Waals surface area contributed by atoms with E-state index in [1.54, 1.807) is 36.2 Å². The highest BCUT2D eigenvalue weighted by Gasteiger charge is 2.08.